The summed E-state index contributed by atoms with van der Waals surface area (Å²) >= 11 is 1.36. The van der Waals surface area contributed by atoms with Crippen molar-refractivity contribution in [1.82, 2.24) is 9.36 Å². The van der Waals surface area contributed by atoms with Crippen LogP contribution in [0.5, 0.6) is 5.75 Å². The summed E-state index contributed by atoms with van der Waals surface area (Å²) in [7, 11) is 1.68. The molecule has 1 aliphatic heterocycles. The van der Waals surface area contributed by atoms with Gasteiger partial charge in [0.25, 0.3) is 0 Å². The first-order valence-electron chi connectivity index (χ1n) is 8.18. The monoisotopic (exact) mass is 349 g/mol. The predicted octanol–water partition coefficient (Wildman–Crippen LogP) is 3.34. The molecule has 0 amide bonds. The lowest BCUT2D eigenvalue weighted by Crippen LogP contribution is -2.26. The summed E-state index contributed by atoms with van der Waals surface area (Å²) in [6, 6.07) is 6.10. The van der Waals surface area contributed by atoms with Crippen LogP contribution in [-0.4, -0.2) is 42.4 Å². The predicted molar refractivity (Wildman–Crippen MR) is 94.4 cm³/mol. The molecule has 1 aromatic heterocycles. The second-order valence-electron chi connectivity index (χ2n) is 5.79. The lowest BCUT2D eigenvalue weighted by Gasteiger charge is -2.24. The van der Waals surface area contributed by atoms with Gasteiger partial charge in [-0.3, -0.25) is 0 Å². The third-order valence-electron chi connectivity index (χ3n) is 3.89. The van der Waals surface area contributed by atoms with Crippen LogP contribution >= 0.6 is 11.5 Å². The summed E-state index contributed by atoms with van der Waals surface area (Å²) in [5.41, 5.74) is 2.09. The van der Waals surface area contributed by atoms with Gasteiger partial charge in [0.2, 0.25) is 5.13 Å². The maximum Gasteiger partial charge on any atom is 0.207 e. The Morgan fingerprint density at radius 2 is 2.17 bits per heavy atom. The summed E-state index contributed by atoms with van der Waals surface area (Å²) in [6.45, 7) is 4.26. The Labute approximate surface area is 146 Å². The fourth-order valence-corrected chi connectivity index (χ4v) is 3.19. The Morgan fingerprint density at radius 1 is 1.33 bits per heavy atom. The summed E-state index contributed by atoms with van der Waals surface area (Å²) in [5, 5.41) is 4.09. The normalized spacial score (nSPS) is 15.4. The number of hydrogen-bond donors (Lipinski definition) is 1. The van der Waals surface area contributed by atoms with Gasteiger partial charge in [-0.05, 0) is 30.7 Å². The van der Waals surface area contributed by atoms with Crippen molar-refractivity contribution in [3.63, 3.8) is 0 Å². The van der Waals surface area contributed by atoms with Crippen LogP contribution < -0.4 is 10.1 Å². The molecule has 1 aliphatic rings. The summed E-state index contributed by atoms with van der Waals surface area (Å²) in [6.07, 6.45) is 2.89. The van der Waals surface area contributed by atoms with Crippen LogP contribution in [0.3, 0.4) is 0 Å². The number of hydrogen-bond acceptors (Lipinski definition) is 7. The lowest BCUT2D eigenvalue weighted by molar-refractivity contribution is 0.0253. The van der Waals surface area contributed by atoms with E-state index in [2.05, 4.69) is 27.7 Å². The van der Waals surface area contributed by atoms with Gasteiger partial charge in [-0.15, -0.1) is 0 Å². The molecule has 1 aromatic carbocycles. The third kappa shape index (κ3) is 4.66. The molecule has 0 spiro atoms. The minimum atomic E-state index is 0.253. The summed E-state index contributed by atoms with van der Waals surface area (Å²) in [4.78, 5) is 4.46. The van der Waals surface area contributed by atoms with Crippen LogP contribution in [0, 0.1) is 6.92 Å². The molecule has 7 heteroatoms. The van der Waals surface area contributed by atoms with Gasteiger partial charge in [0.1, 0.15) is 17.7 Å². The summed E-state index contributed by atoms with van der Waals surface area (Å²) in [5.74, 6) is 1.74. The molecule has 24 heavy (non-hydrogen) atoms. The highest BCUT2D eigenvalue weighted by Gasteiger charge is 2.16. The van der Waals surface area contributed by atoms with Crippen molar-refractivity contribution in [1.29, 1.82) is 0 Å². The van der Waals surface area contributed by atoms with Crippen LogP contribution in [0.25, 0.3) is 0 Å². The zero-order valence-corrected chi connectivity index (χ0v) is 14.9. The SMILES string of the molecule is COCCc1nsc(Nc2ccc(OC3CCOCC3)c(C)c2)n1. The molecule has 0 unspecified atom stereocenters. The third-order valence-corrected chi connectivity index (χ3v) is 4.55. The fourth-order valence-electron chi connectivity index (χ4n) is 2.56. The van der Waals surface area contributed by atoms with Gasteiger partial charge >= 0.3 is 0 Å². The quantitative estimate of drug-likeness (QED) is 0.827. The van der Waals surface area contributed by atoms with Gasteiger partial charge in [-0.1, -0.05) is 0 Å². The molecule has 2 aromatic rings. The van der Waals surface area contributed by atoms with Crippen molar-refractivity contribution in [2.45, 2.75) is 32.3 Å². The van der Waals surface area contributed by atoms with E-state index in [1.54, 1.807) is 7.11 Å². The fraction of sp³-hybridized carbons (Fsp3) is 0.529. The second kappa shape index (κ2) is 8.41. The minimum Gasteiger partial charge on any atom is -0.490 e. The van der Waals surface area contributed by atoms with Crippen molar-refractivity contribution in [2.75, 3.05) is 32.2 Å². The molecule has 0 saturated carbocycles. The number of rotatable bonds is 7. The standard InChI is InChI=1S/C17H23N3O3S/c1-12-11-13(18-17-19-16(20-24-17)7-8-21-2)3-4-15(12)23-14-5-9-22-10-6-14/h3-4,11,14H,5-10H2,1-2H3,(H,18,19,20). The number of methoxy groups -OCH3 is 1. The Hall–Kier alpha value is -1.70. The zero-order valence-electron chi connectivity index (χ0n) is 14.1. The van der Waals surface area contributed by atoms with E-state index in [-0.39, 0.29) is 6.10 Å². The van der Waals surface area contributed by atoms with E-state index in [0.29, 0.717) is 6.61 Å². The van der Waals surface area contributed by atoms with Crippen LogP contribution in [0.15, 0.2) is 18.2 Å². The van der Waals surface area contributed by atoms with E-state index in [9.17, 15) is 0 Å². The molecule has 1 N–H and O–H groups in total. The number of ether oxygens (including phenoxy) is 3. The van der Waals surface area contributed by atoms with Gasteiger partial charge in [0.05, 0.1) is 19.8 Å². The van der Waals surface area contributed by atoms with E-state index in [1.165, 1.54) is 11.5 Å². The summed E-state index contributed by atoms with van der Waals surface area (Å²) < 4.78 is 20.8. The molecule has 2 heterocycles. The van der Waals surface area contributed by atoms with Gasteiger partial charge in [-0.2, -0.15) is 4.37 Å². The number of anilines is 2. The topological polar surface area (TPSA) is 65.5 Å². The molecule has 3 rings (SSSR count). The molecule has 1 fully saturated rings. The van der Waals surface area contributed by atoms with Crippen molar-refractivity contribution in [3.8, 4) is 5.75 Å². The van der Waals surface area contributed by atoms with Crippen molar-refractivity contribution in [2.24, 2.45) is 0 Å². The first-order chi connectivity index (χ1) is 11.7. The Morgan fingerprint density at radius 3 is 2.92 bits per heavy atom. The zero-order chi connectivity index (χ0) is 16.8. The van der Waals surface area contributed by atoms with E-state index in [4.69, 9.17) is 14.2 Å². The molecular weight excluding hydrogens is 326 g/mol. The molecular formula is C17H23N3O3S. The van der Waals surface area contributed by atoms with Gasteiger partial charge in [-0.25, -0.2) is 4.98 Å². The number of nitrogens with zero attached hydrogens (tertiary/aromatic N) is 2. The van der Waals surface area contributed by atoms with Gasteiger partial charge in [0, 0.05) is 43.6 Å². The first-order valence-corrected chi connectivity index (χ1v) is 8.95. The van der Waals surface area contributed by atoms with E-state index < -0.39 is 0 Å². The number of benzene rings is 1. The van der Waals surface area contributed by atoms with E-state index in [1.807, 2.05) is 12.1 Å². The first kappa shape index (κ1) is 17.1. The van der Waals surface area contributed by atoms with E-state index >= 15 is 0 Å². The Balaban J connectivity index is 1.60. The molecule has 0 aliphatic carbocycles. The lowest BCUT2D eigenvalue weighted by atomic mass is 10.1. The van der Waals surface area contributed by atoms with Crippen molar-refractivity contribution < 1.29 is 14.2 Å². The van der Waals surface area contributed by atoms with Crippen molar-refractivity contribution in [3.05, 3.63) is 29.6 Å². The average molecular weight is 349 g/mol. The molecule has 1 saturated heterocycles. The van der Waals surface area contributed by atoms with Crippen LogP contribution in [-0.2, 0) is 15.9 Å². The largest absolute Gasteiger partial charge is 0.490 e. The van der Waals surface area contributed by atoms with Crippen molar-refractivity contribution >= 4 is 22.4 Å². The maximum atomic E-state index is 6.09. The average Bonchev–Trinajstić information content (AvgIpc) is 3.04. The Kier molecular flexibility index (Phi) is 6.01. The number of aromatic nitrogens is 2. The van der Waals surface area contributed by atoms with Gasteiger partial charge in [0.15, 0.2) is 0 Å². The smallest absolute Gasteiger partial charge is 0.207 e. The highest BCUT2D eigenvalue weighted by atomic mass is 32.1. The van der Waals surface area contributed by atoms with Crippen LogP contribution in [0.1, 0.15) is 24.2 Å². The maximum absolute atomic E-state index is 6.09. The Bertz CT molecular complexity index is 656. The minimum absolute atomic E-state index is 0.253. The molecule has 0 bridgehead atoms. The molecule has 0 atom stereocenters. The number of nitrogens with one attached hydrogen (secondary N) is 1. The molecule has 6 nitrogen and oxygen atoms in total. The molecule has 130 valence electrons. The second-order valence-corrected chi connectivity index (χ2v) is 6.55. The number of aryl methyl sites for hydroxylation is 1. The van der Waals surface area contributed by atoms with Gasteiger partial charge < -0.3 is 19.5 Å². The van der Waals surface area contributed by atoms with E-state index in [0.717, 1.165) is 60.4 Å². The van der Waals surface area contributed by atoms with Crippen LogP contribution in [0.4, 0.5) is 10.8 Å². The molecule has 0 radical (unpaired) electrons. The highest BCUT2D eigenvalue weighted by molar-refractivity contribution is 7.09. The van der Waals surface area contributed by atoms with Crippen LogP contribution in [0.2, 0.25) is 0 Å². The highest BCUT2D eigenvalue weighted by Crippen LogP contribution is 2.27.